The Labute approximate surface area is 119 Å². The summed E-state index contributed by atoms with van der Waals surface area (Å²) in [5.74, 6) is 0.867. The molecule has 104 valence electrons. The van der Waals surface area contributed by atoms with Gasteiger partial charge in [0.25, 0.3) is 0 Å². The number of fused-ring (bicyclic) bond motifs is 2. The van der Waals surface area contributed by atoms with E-state index < -0.39 is 0 Å². The van der Waals surface area contributed by atoms with Crippen LogP contribution in [0.2, 0.25) is 0 Å². The average molecular weight is 277 g/mol. The monoisotopic (exact) mass is 277 g/mol. The van der Waals surface area contributed by atoms with Crippen molar-refractivity contribution >= 4 is 11.3 Å². The van der Waals surface area contributed by atoms with E-state index in [0.717, 1.165) is 38.3 Å². The number of ether oxygens (including phenoxy) is 1. The molecule has 0 bridgehead atoms. The van der Waals surface area contributed by atoms with E-state index in [0.29, 0.717) is 6.04 Å². The van der Waals surface area contributed by atoms with Gasteiger partial charge in [-0.15, -0.1) is 11.3 Å². The number of thiophene rings is 1. The minimum absolute atomic E-state index is 0.0465. The zero-order valence-electron chi connectivity index (χ0n) is 11.7. The second-order valence-corrected chi connectivity index (χ2v) is 7.62. The van der Waals surface area contributed by atoms with Gasteiger partial charge in [0.2, 0.25) is 0 Å². The van der Waals surface area contributed by atoms with E-state index >= 15 is 0 Å². The smallest absolute Gasteiger partial charge is 0.105 e. The van der Waals surface area contributed by atoms with Crippen molar-refractivity contribution in [3.63, 3.8) is 0 Å². The molecule has 3 aliphatic rings. The van der Waals surface area contributed by atoms with Gasteiger partial charge in [-0.25, -0.2) is 0 Å². The predicted octanol–water partition coefficient (Wildman–Crippen LogP) is 3.56. The van der Waals surface area contributed by atoms with Crippen LogP contribution in [0, 0.1) is 0 Å². The molecule has 3 heteroatoms. The third-order valence-electron chi connectivity index (χ3n) is 5.16. The van der Waals surface area contributed by atoms with E-state index in [9.17, 15) is 0 Å². The van der Waals surface area contributed by atoms with Crippen LogP contribution in [-0.4, -0.2) is 19.2 Å². The van der Waals surface area contributed by atoms with Crippen molar-refractivity contribution in [1.29, 1.82) is 0 Å². The van der Waals surface area contributed by atoms with Crippen molar-refractivity contribution < 1.29 is 4.74 Å². The molecule has 2 fully saturated rings. The zero-order chi connectivity index (χ0) is 12.9. The lowest BCUT2D eigenvalue weighted by atomic mass is 9.82. The Morgan fingerprint density at radius 3 is 3.05 bits per heavy atom. The minimum atomic E-state index is 0.0465. The molecule has 1 aromatic rings. The van der Waals surface area contributed by atoms with Gasteiger partial charge >= 0.3 is 0 Å². The molecule has 2 aliphatic heterocycles. The van der Waals surface area contributed by atoms with E-state index in [4.69, 9.17) is 4.74 Å². The van der Waals surface area contributed by atoms with Gasteiger partial charge in [-0.3, -0.25) is 0 Å². The van der Waals surface area contributed by atoms with E-state index in [1.54, 1.807) is 15.3 Å². The topological polar surface area (TPSA) is 21.3 Å². The highest BCUT2D eigenvalue weighted by atomic mass is 32.1. The molecule has 4 rings (SSSR count). The second kappa shape index (κ2) is 4.57. The van der Waals surface area contributed by atoms with Crippen LogP contribution in [0.5, 0.6) is 0 Å². The van der Waals surface area contributed by atoms with Gasteiger partial charge in [0.1, 0.15) is 5.60 Å². The lowest BCUT2D eigenvalue weighted by Gasteiger charge is -2.42. The minimum Gasteiger partial charge on any atom is -0.369 e. The van der Waals surface area contributed by atoms with Crippen LogP contribution < -0.4 is 5.32 Å². The van der Waals surface area contributed by atoms with Gasteiger partial charge in [-0.05, 0) is 63.1 Å². The molecule has 1 spiro atoms. The van der Waals surface area contributed by atoms with E-state index in [1.165, 1.54) is 19.3 Å². The SMILES string of the molecule is C[C@H]1C[C@@]2(CCN1)OCCc1cc(C3CCC3)sc12. The summed E-state index contributed by atoms with van der Waals surface area (Å²) in [7, 11) is 0. The van der Waals surface area contributed by atoms with Crippen molar-refractivity contribution in [3.05, 3.63) is 21.4 Å². The molecule has 2 nitrogen and oxygen atoms in total. The van der Waals surface area contributed by atoms with Crippen molar-refractivity contribution in [2.24, 2.45) is 0 Å². The number of rotatable bonds is 1. The Hall–Kier alpha value is -0.380. The Kier molecular flexibility index (Phi) is 2.98. The van der Waals surface area contributed by atoms with E-state index in [2.05, 4.69) is 29.6 Å². The lowest BCUT2D eigenvalue weighted by molar-refractivity contribution is -0.0848. The fourth-order valence-corrected chi connectivity index (χ4v) is 5.43. The molecule has 0 amide bonds. The first-order valence-electron chi connectivity index (χ1n) is 7.77. The first-order valence-corrected chi connectivity index (χ1v) is 8.59. The maximum absolute atomic E-state index is 6.32. The number of nitrogens with one attached hydrogen (secondary N) is 1. The first kappa shape index (κ1) is 12.4. The highest BCUT2D eigenvalue weighted by Crippen LogP contribution is 2.49. The number of hydrogen-bond donors (Lipinski definition) is 1. The Morgan fingerprint density at radius 1 is 1.42 bits per heavy atom. The number of piperidine rings is 1. The predicted molar refractivity (Wildman–Crippen MR) is 78.9 cm³/mol. The molecule has 1 N–H and O–H groups in total. The molecular formula is C16H23NOS. The standard InChI is InChI=1S/C16H23NOS/c1-11-10-16(6-7-17-11)15-13(5-8-18-16)9-14(19-15)12-3-2-4-12/h9,11-12,17H,2-8,10H2,1H3/t11-,16+/m0/s1. The average Bonchev–Trinajstić information content (AvgIpc) is 2.72. The molecule has 19 heavy (non-hydrogen) atoms. The van der Waals surface area contributed by atoms with Gasteiger partial charge in [0.15, 0.2) is 0 Å². The molecule has 1 aromatic heterocycles. The van der Waals surface area contributed by atoms with Crippen LogP contribution >= 0.6 is 11.3 Å². The second-order valence-electron chi connectivity index (χ2n) is 6.53. The summed E-state index contributed by atoms with van der Waals surface area (Å²) >= 11 is 2.07. The molecule has 1 saturated heterocycles. The van der Waals surface area contributed by atoms with Gasteiger partial charge < -0.3 is 10.1 Å². The molecule has 1 aliphatic carbocycles. The van der Waals surface area contributed by atoms with Crippen molar-refractivity contribution in [2.45, 2.75) is 63.0 Å². The van der Waals surface area contributed by atoms with Crippen LogP contribution in [0.4, 0.5) is 0 Å². The lowest BCUT2D eigenvalue weighted by Crippen LogP contribution is -2.48. The van der Waals surface area contributed by atoms with Gasteiger partial charge in [-0.2, -0.15) is 0 Å². The van der Waals surface area contributed by atoms with E-state index in [1.807, 2.05) is 0 Å². The summed E-state index contributed by atoms with van der Waals surface area (Å²) in [5.41, 5.74) is 1.65. The fourth-order valence-electron chi connectivity index (χ4n) is 3.86. The summed E-state index contributed by atoms with van der Waals surface area (Å²) in [4.78, 5) is 3.22. The van der Waals surface area contributed by atoms with Gasteiger partial charge in [-0.1, -0.05) is 6.42 Å². The molecule has 0 radical (unpaired) electrons. The van der Waals surface area contributed by atoms with Crippen molar-refractivity contribution in [1.82, 2.24) is 5.32 Å². The van der Waals surface area contributed by atoms with E-state index in [-0.39, 0.29) is 5.60 Å². The van der Waals surface area contributed by atoms with Crippen LogP contribution in [-0.2, 0) is 16.8 Å². The summed E-state index contributed by atoms with van der Waals surface area (Å²) < 4.78 is 6.32. The Morgan fingerprint density at radius 2 is 2.32 bits per heavy atom. The summed E-state index contributed by atoms with van der Waals surface area (Å²) in [6.07, 6.45) is 7.66. The normalized spacial score (nSPS) is 35.1. The third kappa shape index (κ3) is 1.98. The quantitative estimate of drug-likeness (QED) is 0.847. The molecule has 1 saturated carbocycles. The summed E-state index contributed by atoms with van der Waals surface area (Å²) in [5, 5.41) is 3.56. The van der Waals surface area contributed by atoms with Crippen LogP contribution in [0.3, 0.4) is 0 Å². The molecular weight excluding hydrogens is 254 g/mol. The highest BCUT2D eigenvalue weighted by molar-refractivity contribution is 7.12. The third-order valence-corrected chi connectivity index (χ3v) is 6.68. The van der Waals surface area contributed by atoms with Crippen molar-refractivity contribution in [2.75, 3.05) is 13.2 Å². The number of hydrogen-bond acceptors (Lipinski definition) is 3. The van der Waals surface area contributed by atoms with Gasteiger partial charge in [0, 0.05) is 15.8 Å². The zero-order valence-corrected chi connectivity index (χ0v) is 12.5. The molecule has 2 atom stereocenters. The molecule has 0 aromatic carbocycles. The summed E-state index contributed by atoms with van der Waals surface area (Å²) in [6, 6.07) is 3.09. The van der Waals surface area contributed by atoms with Crippen LogP contribution in [0.15, 0.2) is 6.07 Å². The Bertz CT molecular complexity index is 479. The highest BCUT2D eigenvalue weighted by Gasteiger charge is 2.43. The first-order chi connectivity index (χ1) is 9.27. The maximum atomic E-state index is 6.32. The maximum Gasteiger partial charge on any atom is 0.105 e. The van der Waals surface area contributed by atoms with Crippen LogP contribution in [0.1, 0.15) is 60.3 Å². The largest absolute Gasteiger partial charge is 0.369 e. The molecule has 3 heterocycles. The van der Waals surface area contributed by atoms with Gasteiger partial charge in [0.05, 0.1) is 6.61 Å². The summed E-state index contributed by atoms with van der Waals surface area (Å²) in [6.45, 7) is 4.30. The van der Waals surface area contributed by atoms with Crippen LogP contribution in [0.25, 0.3) is 0 Å². The molecule has 0 unspecified atom stereocenters. The van der Waals surface area contributed by atoms with Crippen molar-refractivity contribution in [3.8, 4) is 0 Å². The fraction of sp³-hybridized carbons (Fsp3) is 0.750. The Balaban J connectivity index is 1.70.